The van der Waals surface area contributed by atoms with Gasteiger partial charge in [-0.3, -0.25) is 19.3 Å². The molecule has 1 aliphatic heterocycles. The second kappa shape index (κ2) is 12.6. The number of anilines is 2. The number of benzene rings is 1. The standard InChI is InChI=1S/C27H30N4O6S2/c1-17-12-23(30-37-17)29-24(32)14-38-15-25(33)31(19-9-10-20-21(13-19)36-16-35-20)26(22-8-5-11-39-22)27(34)28-18-6-3-2-4-7-18/h5,8-13,18,26H,2-4,6-7,14-16H2,1H3,(H,28,34)(H,29,30,32). The zero-order valence-corrected chi connectivity index (χ0v) is 23.1. The normalized spacial score (nSPS) is 15.5. The van der Waals surface area contributed by atoms with Gasteiger partial charge in [-0.2, -0.15) is 0 Å². The van der Waals surface area contributed by atoms with Crippen LogP contribution in [0.2, 0.25) is 0 Å². The number of carbonyl (C=O) groups is 3. The molecule has 1 atom stereocenters. The molecule has 0 spiro atoms. The van der Waals surface area contributed by atoms with Gasteiger partial charge in [0.05, 0.1) is 11.5 Å². The summed E-state index contributed by atoms with van der Waals surface area (Å²) < 4.78 is 16.0. The van der Waals surface area contributed by atoms with Gasteiger partial charge in [-0.05, 0) is 43.3 Å². The number of aromatic nitrogens is 1. The van der Waals surface area contributed by atoms with E-state index in [0.29, 0.717) is 28.8 Å². The molecule has 1 saturated carbocycles. The van der Waals surface area contributed by atoms with Crippen LogP contribution in [-0.2, 0) is 14.4 Å². The second-order valence-corrected chi connectivity index (χ2v) is 11.4. The van der Waals surface area contributed by atoms with Gasteiger partial charge in [0, 0.05) is 28.7 Å². The van der Waals surface area contributed by atoms with Crippen LogP contribution >= 0.6 is 23.1 Å². The third kappa shape index (κ3) is 6.74. The molecule has 12 heteroatoms. The third-order valence-corrected chi connectivity index (χ3v) is 8.37. The number of carbonyl (C=O) groups excluding carboxylic acids is 3. The van der Waals surface area contributed by atoms with Gasteiger partial charge in [-0.1, -0.05) is 30.5 Å². The highest BCUT2D eigenvalue weighted by atomic mass is 32.2. The molecule has 10 nitrogen and oxygen atoms in total. The van der Waals surface area contributed by atoms with Crippen molar-refractivity contribution >= 4 is 52.3 Å². The lowest BCUT2D eigenvalue weighted by atomic mass is 9.95. The lowest BCUT2D eigenvalue weighted by Gasteiger charge is -2.32. The van der Waals surface area contributed by atoms with E-state index in [4.69, 9.17) is 14.0 Å². The number of nitrogens with zero attached hydrogens (tertiary/aromatic N) is 2. The van der Waals surface area contributed by atoms with Crippen LogP contribution in [0.5, 0.6) is 11.5 Å². The average molecular weight is 571 g/mol. The molecule has 0 bridgehead atoms. The average Bonchev–Trinajstić information content (AvgIpc) is 3.70. The summed E-state index contributed by atoms with van der Waals surface area (Å²) in [5, 5.41) is 11.5. The quantitative estimate of drug-likeness (QED) is 0.361. The van der Waals surface area contributed by atoms with Gasteiger partial charge in [0.2, 0.25) is 24.5 Å². The molecule has 3 amide bonds. The van der Waals surface area contributed by atoms with Crippen molar-refractivity contribution in [3.05, 3.63) is 52.4 Å². The van der Waals surface area contributed by atoms with Gasteiger partial charge in [0.25, 0.3) is 0 Å². The Bertz CT molecular complexity index is 1310. The highest BCUT2D eigenvalue weighted by Crippen LogP contribution is 2.39. The van der Waals surface area contributed by atoms with Crippen molar-refractivity contribution in [2.75, 3.05) is 28.5 Å². The van der Waals surface area contributed by atoms with Crippen LogP contribution in [0, 0.1) is 6.92 Å². The summed E-state index contributed by atoms with van der Waals surface area (Å²) in [4.78, 5) is 42.3. The summed E-state index contributed by atoms with van der Waals surface area (Å²) in [6.45, 7) is 1.83. The van der Waals surface area contributed by atoms with Crippen LogP contribution in [0.1, 0.15) is 48.8 Å². The molecule has 5 rings (SSSR count). The Hall–Kier alpha value is -3.51. The maximum Gasteiger partial charge on any atom is 0.248 e. The van der Waals surface area contributed by atoms with Crippen LogP contribution in [0.15, 0.2) is 46.3 Å². The number of thioether (sulfide) groups is 1. The van der Waals surface area contributed by atoms with Crippen LogP contribution in [0.3, 0.4) is 0 Å². The molecule has 206 valence electrons. The van der Waals surface area contributed by atoms with Crippen molar-refractivity contribution in [2.45, 2.75) is 51.1 Å². The maximum atomic E-state index is 13.8. The number of amides is 3. The van der Waals surface area contributed by atoms with Crippen LogP contribution in [-0.4, -0.2) is 47.2 Å². The Morgan fingerprint density at radius 2 is 1.92 bits per heavy atom. The van der Waals surface area contributed by atoms with Crippen molar-refractivity contribution in [2.24, 2.45) is 0 Å². The second-order valence-electron chi connectivity index (χ2n) is 9.43. The first kappa shape index (κ1) is 27.1. The van der Waals surface area contributed by atoms with Gasteiger partial charge in [0.15, 0.2) is 17.3 Å². The molecular formula is C27H30N4O6S2. The van der Waals surface area contributed by atoms with Crippen molar-refractivity contribution in [1.82, 2.24) is 10.5 Å². The predicted octanol–water partition coefficient (Wildman–Crippen LogP) is 4.67. The fourth-order valence-corrected chi connectivity index (χ4v) is 6.21. The van der Waals surface area contributed by atoms with Crippen LogP contribution in [0.4, 0.5) is 11.5 Å². The molecule has 1 unspecified atom stereocenters. The Kier molecular flexibility index (Phi) is 8.72. The molecule has 0 radical (unpaired) electrons. The summed E-state index contributed by atoms with van der Waals surface area (Å²) in [7, 11) is 0. The summed E-state index contributed by atoms with van der Waals surface area (Å²) in [5.74, 6) is 1.18. The highest BCUT2D eigenvalue weighted by molar-refractivity contribution is 8.00. The van der Waals surface area contributed by atoms with Gasteiger partial charge < -0.3 is 24.6 Å². The minimum absolute atomic E-state index is 0.0156. The van der Waals surface area contributed by atoms with Gasteiger partial charge >= 0.3 is 0 Å². The predicted molar refractivity (Wildman–Crippen MR) is 149 cm³/mol. The largest absolute Gasteiger partial charge is 0.454 e. The van der Waals surface area contributed by atoms with Crippen LogP contribution in [0.25, 0.3) is 0 Å². The summed E-state index contributed by atoms with van der Waals surface area (Å²) in [5.41, 5.74) is 0.518. The molecule has 1 fully saturated rings. The van der Waals surface area contributed by atoms with Crippen molar-refractivity contribution in [1.29, 1.82) is 0 Å². The topological polar surface area (TPSA) is 123 Å². The van der Waals surface area contributed by atoms with Crippen molar-refractivity contribution in [3.63, 3.8) is 0 Å². The zero-order valence-electron chi connectivity index (χ0n) is 21.5. The van der Waals surface area contributed by atoms with E-state index in [0.717, 1.165) is 42.3 Å². The van der Waals surface area contributed by atoms with E-state index in [2.05, 4.69) is 15.8 Å². The minimum atomic E-state index is -0.868. The molecule has 1 aliphatic carbocycles. The lowest BCUT2D eigenvalue weighted by molar-refractivity contribution is -0.126. The molecule has 2 N–H and O–H groups in total. The summed E-state index contributed by atoms with van der Waals surface area (Å²) in [6, 6.07) is 9.78. The summed E-state index contributed by atoms with van der Waals surface area (Å²) >= 11 is 2.58. The zero-order chi connectivity index (χ0) is 27.2. The maximum absolute atomic E-state index is 13.8. The Labute approximate surface area is 234 Å². The number of fused-ring (bicyclic) bond motifs is 1. The minimum Gasteiger partial charge on any atom is -0.454 e. The van der Waals surface area contributed by atoms with E-state index in [1.807, 2.05) is 17.5 Å². The van der Waals surface area contributed by atoms with Gasteiger partial charge in [-0.25, -0.2) is 0 Å². The van der Waals surface area contributed by atoms with Crippen LogP contribution < -0.4 is 25.0 Å². The molecule has 1 aromatic carbocycles. The van der Waals surface area contributed by atoms with E-state index in [1.54, 1.807) is 31.2 Å². The number of thiophene rings is 1. The fraction of sp³-hybridized carbons (Fsp3) is 0.407. The fourth-order valence-electron chi connectivity index (χ4n) is 4.72. The third-order valence-electron chi connectivity index (χ3n) is 6.53. The number of nitrogens with one attached hydrogen (secondary N) is 2. The number of hydrogen-bond acceptors (Lipinski definition) is 9. The molecule has 3 heterocycles. The van der Waals surface area contributed by atoms with E-state index in [9.17, 15) is 14.4 Å². The van der Waals surface area contributed by atoms with Crippen molar-refractivity contribution in [3.8, 4) is 11.5 Å². The molecule has 2 aliphatic rings. The molecule has 39 heavy (non-hydrogen) atoms. The molecule has 3 aromatic rings. The molecule has 2 aromatic heterocycles. The smallest absolute Gasteiger partial charge is 0.248 e. The van der Waals surface area contributed by atoms with Gasteiger partial charge in [-0.15, -0.1) is 23.1 Å². The van der Waals surface area contributed by atoms with E-state index in [1.165, 1.54) is 22.7 Å². The SMILES string of the molecule is Cc1cc(NC(=O)CSCC(=O)N(c2ccc3c(c2)OCO3)C(C(=O)NC2CCCCC2)c2cccs2)no1. The number of hydrogen-bond donors (Lipinski definition) is 2. The first-order chi connectivity index (χ1) is 19.0. The Morgan fingerprint density at radius 1 is 1.10 bits per heavy atom. The monoisotopic (exact) mass is 570 g/mol. The Balaban J connectivity index is 1.36. The Morgan fingerprint density at radius 3 is 2.67 bits per heavy atom. The first-order valence-electron chi connectivity index (χ1n) is 12.8. The number of rotatable bonds is 10. The van der Waals surface area contributed by atoms with Crippen molar-refractivity contribution < 1.29 is 28.4 Å². The summed E-state index contributed by atoms with van der Waals surface area (Å²) in [6.07, 6.45) is 5.18. The number of ether oxygens (including phenoxy) is 2. The van der Waals surface area contributed by atoms with E-state index >= 15 is 0 Å². The highest BCUT2D eigenvalue weighted by Gasteiger charge is 2.35. The lowest BCUT2D eigenvalue weighted by Crippen LogP contribution is -2.47. The van der Waals surface area contributed by atoms with Gasteiger partial charge in [0.1, 0.15) is 11.8 Å². The molecule has 0 saturated heterocycles. The first-order valence-corrected chi connectivity index (χ1v) is 14.9. The van der Waals surface area contributed by atoms with E-state index < -0.39 is 6.04 Å². The number of aryl methyl sites for hydroxylation is 1. The molecular weight excluding hydrogens is 540 g/mol. The van der Waals surface area contributed by atoms with E-state index in [-0.39, 0.29) is 42.1 Å².